The van der Waals surface area contributed by atoms with Crippen molar-refractivity contribution in [3.8, 4) is 33.6 Å². The lowest BCUT2D eigenvalue weighted by Crippen LogP contribution is -2.21. The summed E-state index contributed by atoms with van der Waals surface area (Å²) in [5.74, 6) is 1.96. The fourth-order valence-electron chi connectivity index (χ4n) is 5.11. The van der Waals surface area contributed by atoms with E-state index in [2.05, 4.69) is 81.0 Å². The van der Waals surface area contributed by atoms with E-state index in [0.717, 1.165) is 59.1 Å². The summed E-state index contributed by atoms with van der Waals surface area (Å²) in [5.41, 5.74) is 6.36. The van der Waals surface area contributed by atoms with Crippen LogP contribution >= 0.6 is 11.6 Å². The second-order valence-electron chi connectivity index (χ2n) is 9.47. The second-order valence-corrected chi connectivity index (χ2v) is 9.85. The van der Waals surface area contributed by atoms with Gasteiger partial charge in [0.05, 0.1) is 24.0 Å². The topological polar surface area (TPSA) is 81.4 Å². The van der Waals surface area contributed by atoms with Crippen molar-refractivity contribution >= 4 is 11.6 Å². The van der Waals surface area contributed by atoms with Gasteiger partial charge in [-0.05, 0) is 55.8 Å². The second kappa shape index (κ2) is 9.02. The number of halogens is 1. The summed E-state index contributed by atoms with van der Waals surface area (Å²) >= 11 is 6.48. The zero-order valence-electron chi connectivity index (χ0n) is 19.2. The third-order valence-corrected chi connectivity index (χ3v) is 7.33. The molecule has 174 valence electrons. The van der Waals surface area contributed by atoms with Gasteiger partial charge in [-0.3, -0.25) is 0 Å². The lowest BCUT2D eigenvalue weighted by molar-refractivity contribution is 0.564. The number of aromatic nitrogens is 4. The van der Waals surface area contributed by atoms with E-state index < -0.39 is 0 Å². The predicted octanol–water partition coefficient (Wildman–Crippen LogP) is 6.02. The summed E-state index contributed by atoms with van der Waals surface area (Å²) < 4.78 is 0. The fraction of sp³-hybridized carbons (Fsp3) is 0.333. The molecule has 2 aliphatic heterocycles. The van der Waals surface area contributed by atoms with Crippen molar-refractivity contribution in [1.82, 2.24) is 30.6 Å². The number of hydrogen-bond acceptors (Lipinski definition) is 4. The van der Waals surface area contributed by atoms with E-state index >= 15 is 0 Å². The maximum Gasteiger partial charge on any atom is 0.134 e. The van der Waals surface area contributed by atoms with E-state index in [1.807, 2.05) is 6.20 Å². The first-order valence-electron chi connectivity index (χ1n) is 12.1. The molecule has 0 saturated carbocycles. The van der Waals surface area contributed by atoms with Crippen molar-refractivity contribution in [3.05, 3.63) is 71.5 Å². The van der Waals surface area contributed by atoms with Crippen molar-refractivity contribution in [2.75, 3.05) is 6.54 Å². The first-order valence-corrected chi connectivity index (χ1v) is 12.5. The Morgan fingerprint density at radius 1 is 0.794 bits per heavy atom. The highest BCUT2D eigenvalue weighted by Gasteiger charge is 2.24. The summed E-state index contributed by atoms with van der Waals surface area (Å²) in [5, 5.41) is 7.66. The number of benzene rings is 2. The molecule has 6 rings (SSSR count). The molecule has 0 unspecified atom stereocenters. The molecule has 2 aromatic carbocycles. The van der Waals surface area contributed by atoms with Gasteiger partial charge in [0.2, 0.25) is 0 Å². The van der Waals surface area contributed by atoms with Crippen molar-refractivity contribution in [1.29, 1.82) is 0 Å². The van der Waals surface area contributed by atoms with E-state index in [4.69, 9.17) is 16.6 Å². The highest BCUT2D eigenvalue weighted by Crippen LogP contribution is 2.32. The molecule has 7 heteroatoms. The smallest absolute Gasteiger partial charge is 0.134 e. The Kier molecular flexibility index (Phi) is 5.73. The monoisotopic (exact) mass is 472 g/mol. The number of H-pyrrole nitrogens is 2. The summed E-state index contributed by atoms with van der Waals surface area (Å²) in [6.07, 6.45) is 6.52. The number of nitrogens with one attached hydrogen (secondary N) is 4. The van der Waals surface area contributed by atoms with E-state index in [1.54, 1.807) is 0 Å². The minimum Gasteiger partial charge on any atom is -0.341 e. The minimum absolute atomic E-state index is 0.271. The largest absolute Gasteiger partial charge is 0.341 e. The van der Waals surface area contributed by atoms with Crippen LogP contribution in [0.1, 0.15) is 56.3 Å². The van der Waals surface area contributed by atoms with Crippen molar-refractivity contribution < 1.29 is 0 Å². The van der Waals surface area contributed by atoms with Gasteiger partial charge in [0.1, 0.15) is 22.5 Å². The van der Waals surface area contributed by atoms with E-state index in [-0.39, 0.29) is 6.04 Å². The zero-order chi connectivity index (χ0) is 23.1. The number of rotatable bonds is 5. The molecular formula is C27H29ClN6. The van der Waals surface area contributed by atoms with Crippen molar-refractivity contribution in [2.24, 2.45) is 0 Å². The van der Waals surface area contributed by atoms with Gasteiger partial charge >= 0.3 is 0 Å². The number of hydrogen-bond donors (Lipinski definition) is 4. The van der Waals surface area contributed by atoms with E-state index in [1.165, 1.54) is 18.4 Å². The first kappa shape index (κ1) is 21.6. The normalized spacial score (nSPS) is 22.5. The molecule has 4 aromatic rings. The molecule has 34 heavy (non-hydrogen) atoms. The standard InChI is InChI=1S/C27H29ClN6/c1-16-4-13-22(31-16)26-30-15-23(32-26)19-9-5-17(6-10-19)18-7-11-20(12-8-18)24-25(28)34-27(33-24)21-3-2-14-29-21/h5-12,15-16,21-22,29,31H,2-4,13-14H2,1H3,(H,30,32)(H,33,34)/t16-,21-,22-/m0/s1. The van der Waals surface area contributed by atoms with Gasteiger partial charge in [-0.25, -0.2) is 9.97 Å². The Morgan fingerprint density at radius 2 is 1.50 bits per heavy atom. The maximum absolute atomic E-state index is 6.48. The molecular weight excluding hydrogens is 444 g/mol. The minimum atomic E-state index is 0.271. The third kappa shape index (κ3) is 4.17. The molecule has 0 bridgehead atoms. The van der Waals surface area contributed by atoms with Crippen LogP contribution in [0.4, 0.5) is 0 Å². The van der Waals surface area contributed by atoms with Gasteiger partial charge in [0.25, 0.3) is 0 Å². The summed E-state index contributed by atoms with van der Waals surface area (Å²) in [7, 11) is 0. The molecule has 4 N–H and O–H groups in total. The molecule has 4 heterocycles. The van der Waals surface area contributed by atoms with Gasteiger partial charge in [-0.2, -0.15) is 0 Å². The lowest BCUT2D eigenvalue weighted by Gasteiger charge is -2.08. The van der Waals surface area contributed by atoms with Crippen LogP contribution in [-0.4, -0.2) is 32.5 Å². The van der Waals surface area contributed by atoms with Crippen LogP contribution in [0.3, 0.4) is 0 Å². The Labute approximate surface area is 204 Å². The molecule has 2 aliphatic rings. The molecule has 6 nitrogen and oxygen atoms in total. The average Bonchev–Trinajstić information content (AvgIpc) is 3.66. The van der Waals surface area contributed by atoms with Crippen molar-refractivity contribution in [3.63, 3.8) is 0 Å². The quantitative estimate of drug-likeness (QED) is 0.286. The average molecular weight is 473 g/mol. The Bertz CT molecular complexity index is 1270. The molecule has 2 saturated heterocycles. The van der Waals surface area contributed by atoms with E-state index in [9.17, 15) is 0 Å². The molecule has 2 fully saturated rings. The SMILES string of the molecule is C[C@H]1CC[C@@H](c2ncc(-c3ccc(-c4ccc(-c5nc([C@@H]6CCCN6)[nH]c5Cl)cc4)cc3)[nH]2)N1. The molecule has 0 radical (unpaired) electrons. The van der Waals surface area contributed by atoms with Gasteiger partial charge in [-0.1, -0.05) is 60.1 Å². The number of imidazole rings is 2. The van der Waals surface area contributed by atoms with Gasteiger partial charge in [-0.15, -0.1) is 0 Å². The first-order chi connectivity index (χ1) is 16.6. The van der Waals surface area contributed by atoms with Crippen LogP contribution in [-0.2, 0) is 0 Å². The van der Waals surface area contributed by atoms with Crippen molar-refractivity contribution in [2.45, 2.75) is 50.7 Å². The molecule has 2 aromatic heterocycles. The van der Waals surface area contributed by atoms with Crippen LogP contribution in [0, 0.1) is 0 Å². The Balaban J connectivity index is 1.18. The fourth-order valence-corrected chi connectivity index (χ4v) is 5.36. The molecule has 3 atom stereocenters. The summed E-state index contributed by atoms with van der Waals surface area (Å²) in [6.45, 7) is 3.26. The zero-order valence-corrected chi connectivity index (χ0v) is 20.0. The lowest BCUT2D eigenvalue weighted by atomic mass is 10.0. The van der Waals surface area contributed by atoms with Crippen LogP contribution in [0.2, 0.25) is 5.15 Å². The highest BCUT2D eigenvalue weighted by atomic mass is 35.5. The highest BCUT2D eigenvalue weighted by molar-refractivity contribution is 6.31. The van der Waals surface area contributed by atoms with Gasteiger partial charge in [0, 0.05) is 11.6 Å². The Morgan fingerprint density at radius 3 is 2.15 bits per heavy atom. The Hall–Kier alpha value is -2.93. The van der Waals surface area contributed by atoms with Crippen LogP contribution in [0.25, 0.3) is 33.6 Å². The summed E-state index contributed by atoms with van der Waals surface area (Å²) in [6, 6.07) is 18.2. The molecule has 0 amide bonds. The van der Waals surface area contributed by atoms with Gasteiger partial charge < -0.3 is 20.6 Å². The predicted molar refractivity (Wildman–Crippen MR) is 137 cm³/mol. The van der Waals surface area contributed by atoms with Crippen LogP contribution in [0.15, 0.2) is 54.7 Å². The van der Waals surface area contributed by atoms with Crippen LogP contribution in [0.5, 0.6) is 0 Å². The van der Waals surface area contributed by atoms with E-state index in [0.29, 0.717) is 17.2 Å². The summed E-state index contributed by atoms with van der Waals surface area (Å²) in [4.78, 5) is 16.2. The maximum atomic E-state index is 6.48. The van der Waals surface area contributed by atoms with Crippen LogP contribution < -0.4 is 10.6 Å². The molecule has 0 spiro atoms. The number of nitrogens with zero attached hydrogens (tertiary/aromatic N) is 2. The molecule has 0 aliphatic carbocycles. The third-order valence-electron chi connectivity index (χ3n) is 7.06. The number of aromatic amines is 2. The van der Waals surface area contributed by atoms with Gasteiger partial charge in [0.15, 0.2) is 0 Å².